The van der Waals surface area contributed by atoms with Gasteiger partial charge in [-0.1, -0.05) is 6.07 Å². The highest BCUT2D eigenvalue weighted by Gasteiger charge is 2.13. The highest BCUT2D eigenvalue weighted by Crippen LogP contribution is 2.20. The van der Waals surface area contributed by atoms with Gasteiger partial charge in [-0.15, -0.1) is 10.2 Å². The number of hydrogen-bond acceptors (Lipinski definition) is 4. The lowest BCUT2D eigenvalue weighted by Crippen LogP contribution is -2.35. The third-order valence-electron chi connectivity index (χ3n) is 2.31. The minimum atomic E-state index is 0.0385. The molecular weight excluding hydrogens is 341 g/mol. The van der Waals surface area contributed by atoms with Crippen molar-refractivity contribution < 1.29 is 4.42 Å². The van der Waals surface area contributed by atoms with Crippen molar-refractivity contribution in [3.05, 3.63) is 33.7 Å². The van der Waals surface area contributed by atoms with Crippen LogP contribution in [0.25, 0.3) is 11.5 Å². The zero-order valence-electron chi connectivity index (χ0n) is 10.7. The smallest absolute Gasteiger partial charge is 0.247 e. The van der Waals surface area contributed by atoms with Gasteiger partial charge in [0.1, 0.15) is 0 Å². The Kier molecular flexibility index (Phi) is 4.01. The molecule has 4 nitrogen and oxygen atoms in total. The average molecular weight is 357 g/mol. The number of nitrogens with zero attached hydrogens (tertiary/aromatic N) is 2. The molecule has 0 radical (unpaired) electrons. The summed E-state index contributed by atoms with van der Waals surface area (Å²) in [5, 5.41) is 11.4. The zero-order chi connectivity index (χ0) is 13.2. The molecule has 5 heteroatoms. The van der Waals surface area contributed by atoms with Crippen LogP contribution in [0.5, 0.6) is 0 Å². The van der Waals surface area contributed by atoms with Gasteiger partial charge in [0, 0.05) is 14.7 Å². The van der Waals surface area contributed by atoms with Crippen LogP contribution in [0.15, 0.2) is 28.7 Å². The van der Waals surface area contributed by atoms with Gasteiger partial charge in [0.25, 0.3) is 0 Å². The van der Waals surface area contributed by atoms with Crippen molar-refractivity contribution in [3.8, 4) is 11.5 Å². The second kappa shape index (κ2) is 5.36. The summed E-state index contributed by atoms with van der Waals surface area (Å²) in [6, 6.07) is 8.00. The molecule has 2 rings (SSSR count). The molecule has 2 aromatic rings. The van der Waals surface area contributed by atoms with Crippen LogP contribution in [0.2, 0.25) is 0 Å². The monoisotopic (exact) mass is 357 g/mol. The van der Waals surface area contributed by atoms with E-state index in [9.17, 15) is 0 Å². The van der Waals surface area contributed by atoms with Gasteiger partial charge in [-0.25, -0.2) is 0 Å². The molecule has 0 fully saturated rings. The highest BCUT2D eigenvalue weighted by atomic mass is 127. The molecule has 0 amide bonds. The normalized spacial score (nSPS) is 11.8. The second-order valence-electron chi connectivity index (χ2n) is 5.11. The van der Waals surface area contributed by atoms with Crippen molar-refractivity contribution in [2.24, 2.45) is 0 Å². The fraction of sp³-hybridized carbons (Fsp3) is 0.385. The van der Waals surface area contributed by atoms with E-state index in [1.54, 1.807) is 0 Å². The van der Waals surface area contributed by atoms with Crippen molar-refractivity contribution in [1.82, 2.24) is 15.5 Å². The lowest BCUT2D eigenvalue weighted by molar-refractivity contribution is 0.383. The Balaban J connectivity index is 2.11. The Hall–Kier alpha value is -0.950. The quantitative estimate of drug-likeness (QED) is 0.857. The lowest BCUT2D eigenvalue weighted by atomic mass is 10.1. The molecule has 0 saturated heterocycles. The van der Waals surface area contributed by atoms with Crippen LogP contribution in [0.3, 0.4) is 0 Å². The van der Waals surface area contributed by atoms with Crippen molar-refractivity contribution in [3.63, 3.8) is 0 Å². The highest BCUT2D eigenvalue weighted by molar-refractivity contribution is 14.1. The number of rotatable bonds is 3. The van der Waals surface area contributed by atoms with Crippen molar-refractivity contribution >= 4 is 22.6 Å². The van der Waals surface area contributed by atoms with Crippen molar-refractivity contribution in [2.75, 3.05) is 0 Å². The maximum absolute atomic E-state index is 5.63. The molecule has 0 unspecified atom stereocenters. The number of nitrogens with one attached hydrogen (secondary N) is 1. The molecule has 0 aliphatic rings. The summed E-state index contributed by atoms with van der Waals surface area (Å²) in [7, 11) is 0. The van der Waals surface area contributed by atoms with E-state index in [1.807, 2.05) is 24.3 Å². The van der Waals surface area contributed by atoms with E-state index >= 15 is 0 Å². The summed E-state index contributed by atoms with van der Waals surface area (Å²) < 4.78 is 6.78. The van der Waals surface area contributed by atoms with Gasteiger partial charge in [0.05, 0.1) is 6.54 Å². The average Bonchev–Trinajstić information content (AvgIpc) is 2.74. The molecule has 0 atom stereocenters. The van der Waals surface area contributed by atoms with Crippen LogP contribution in [0.4, 0.5) is 0 Å². The Morgan fingerprint density at radius 2 is 2.06 bits per heavy atom. The molecular formula is C13H16IN3O. The molecule has 0 saturated carbocycles. The zero-order valence-corrected chi connectivity index (χ0v) is 12.9. The van der Waals surface area contributed by atoms with Gasteiger partial charge in [0.2, 0.25) is 11.8 Å². The molecule has 1 aromatic carbocycles. The SMILES string of the molecule is CC(C)(C)NCc1nnc(-c2cccc(I)c2)o1. The Morgan fingerprint density at radius 1 is 1.28 bits per heavy atom. The van der Waals surface area contributed by atoms with Crippen molar-refractivity contribution in [1.29, 1.82) is 0 Å². The van der Waals surface area contributed by atoms with Gasteiger partial charge >= 0.3 is 0 Å². The molecule has 18 heavy (non-hydrogen) atoms. The largest absolute Gasteiger partial charge is 0.419 e. The van der Waals surface area contributed by atoms with E-state index in [2.05, 4.69) is 58.9 Å². The standard InChI is InChI=1S/C13H16IN3O/c1-13(2,3)15-8-11-16-17-12(18-11)9-5-4-6-10(14)7-9/h4-7,15H,8H2,1-3H3. The summed E-state index contributed by atoms with van der Waals surface area (Å²) in [5.74, 6) is 1.18. The van der Waals surface area contributed by atoms with Crippen LogP contribution in [0, 0.1) is 3.57 Å². The second-order valence-corrected chi connectivity index (χ2v) is 6.36. The van der Waals surface area contributed by atoms with E-state index < -0.39 is 0 Å². The molecule has 1 aromatic heterocycles. The molecule has 0 aliphatic carbocycles. The fourth-order valence-corrected chi connectivity index (χ4v) is 1.95. The molecule has 0 aliphatic heterocycles. The fourth-order valence-electron chi connectivity index (χ4n) is 1.40. The predicted molar refractivity (Wildman–Crippen MR) is 79.0 cm³/mol. The topological polar surface area (TPSA) is 51.0 Å². The first-order valence-corrected chi connectivity index (χ1v) is 6.85. The van der Waals surface area contributed by atoms with Gasteiger partial charge in [-0.2, -0.15) is 0 Å². The van der Waals surface area contributed by atoms with Crippen LogP contribution < -0.4 is 5.32 Å². The molecule has 0 spiro atoms. The van der Waals surface area contributed by atoms with Crippen LogP contribution in [0.1, 0.15) is 26.7 Å². The number of aromatic nitrogens is 2. The Bertz CT molecular complexity index is 531. The number of benzene rings is 1. The number of hydrogen-bond donors (Lipinski definition) is 1. The first-order valence-electron chi connectivity index (χ1n) is 5.77. The molecule has 0 bridgehead atoms. The molecule has 1 heterocycles. The van der Waals surface area contributed by atoms with E-state index in [1.165, 1.54) is 0 Å². The first-order chi connectivity index (χ1) is 8.44. The minimum absolute atomic E-state index is 0.0385. The minimum Gasteiger partial charge on any atom is -0.419 e. The summed E-state index contributed by atoms with van der Waals surface area (Å²) in [5.41, 5.74) is 0.993. The lowest BCUT2D eigenvalue weighted by Gasteiger charge is -2.18. The van der Waals surface area contributed by atoms with Crippen LogP contribution in [-0.4, -0.2) is 15.7 Å². The summed E-state index contributed by atoms with van der Waals surface area (Å²) in [6.07, 6.45) is 0. The molecule has 1 N–H and O–H groups in total. The maximum atomic E-state index is 5.63. The van der Waals surface area contributed by atoms with Crippen molar-refractivity contribution in [2.45, 2.75) is 32.9 Å². The van der Waals surface area contributed by atoms with E-state index in [-0.39, 0.29) is 5.54 Å². The van der Waals surface area contributed by atoms with E-state index in [4.69, 9.17) is 4.42 Å². The van der Waals surface area contributed by atoms with Crippen LogP contribution in [-0.2, 0) is 6.54 Å². The summed E-state index contributed by atoms with van der Waals surface area (Å²) >= 11 is 2.26. The predicted octanol–water partition coefficient (Wildman–Crippen LogP) is 3.23. The Morgan fingerprint density at radius 3 is 2.72 bits per heavy atom. The third kappa shape index (κ3) is 3.78. The van der Waals surface area contributed by atoms with Gasteiger partial charge in [-0.3, -0.25) is 0 Å². The number of halogens is 1. The summed E-state index contributed by atoms with van der Waals surface area (Å²) in [4.78, 5) is 0. The van der Waals surface area contributed by atoms with Crippen LogP contribution >= 0.6 is 22.6 Å². The maximum Gasteiger partial charge on any atom is 0.247 e. The van der Waals surface area contributed by atoms with Gasteiger partial charge in [0.15, 0.2) is 0 Å². The molecule has 96 valence electrons. The first kappa shape index (κ1) is 13.5. The Labute approximate surface area is 120 Å². The van der Waals surface area contributed by atoms with Gasteiger partial charge < -0.3 is 9.73 Å². The van der Waals surface area contributed by atoms with E-state index in [0.717, 1.165) is 9.13 Å². The van der Waals surface area contributed by atoms with Gasteiger partial charge in [-0.05, 0) is 61.6 Å². The summed E-state index contributed by atoms with van der Waals surface area (Å²) in [6.45, 7) is 6.89. The third-order valence-corrected chi connectivity index (χ3v) is 2.98. The van der Waals surface area contributed by atoms with E-state index in [0.29, 0.717) is 18.3 Å².